The average molecular weight is 334 g/mol. The van der Waals surface area contributed by atoms with Crippen LogP contribution >= 0.6 is 15.9 Å². The summed E-state index contributed by atoms with van der Waals surface area (Å²) in [6.45, 7) is 0. The lowest BCUT2D eigenvalue weighted by Crippen LogP contribution is -1.97. The molecule has 0 aliphatic rings. The molecule has 1 aromatic carbocycles. The van der Waals surface area contributed by atoms with Crippen LogP contribution in [0.2, 0.25) is 0 Å². The molecule has 0 saturated carbocycles. The van der Waals surface area contributed by atoms with Crippen LogP contribution in [0.25, 0.3) is 11.3 Å². The molecule has 0 radical (unpaired) electrons. The molecule has 1 N–H and O–H groups in total. The molecule has 2 rings (SSSR count). The van der Waals surface area contributed by atoms with E-state index in [0.29, 0.717) is 0 Å². The van der Waals surface area contributed by atoms with E-state index in [1.807, 2.05) is 0 Å². The van der Waals surface area contributed by atoms with E-state index < -0.39 is 29.1 Å². The second-order valence-electron chi connectivity index (χ2n) is 3.45. The first kappa shape index (κ1) is 13.5. The third-order valence-corrected chi connectivity index (χ3v) is 2.89. The largest absolute Gasteiger partial charge is 0.491 e. The van der Waals surface area contributed by atoms with Gasteiger partial charge in [-0.05, 0) is 22.0 Å². The van der Waals surface area contributed by atoms with Gasteiger partial charge >= 0.3 is 5.97 Å². The molecule has 19 heavy (non-hydrogen) atoms. The first-order chi connectivity index (χ1) is 8.95. The number of hydrogen-bond donors (Lipinski definition) is 1. The molecule has 1 aromatic heterocycles. The quantitative estimate of drug-likeness (QED) is 0.874. The van der Waals surface area contributed by atoms with Gasteiger partial charge in [-0.15, -0.1) is 0 Å². The molecule has 5 nitrogen and oxygen atoms in total. The van der Waals surface area contributed by atoms with Crippen LogP contribution in [-0.4, -0.2) is 23.3 Å². The van der Waals surface area contributed by atoms with E-state index in [1.54, 1.807) is 0 Å². The molecule has 0 unspecified atom stereocenters. The van der Waals surface area contributed by atoms with Crippen LogP contribution < -0.4 is 4.74 Å². The fourth-order valence-electron chi connectivity index (χ4n) is 1.45. The molecule has 8 heteroatoms. The number of aromatic carboxylic acids is 1. The number of aromatic nitrogens is 1. The molecule has 0 atom stereocenters. The Morgan fingerprint density at radius 1 is 1.42 bits per heavy atom. The van der Waals surface area contributed by atoms with E-state index in [0.717, 1.165) is 19.2 Å². The number of hydrogen-bond acceptors (Lipinski definition) is 4. The molecule has 1 heterocycles. The normalized spacial score (nSPS) is 10.5. The third-order valence-electron chi connectivity index (χ3n) is 2.32. The molecule has 0 saturated heterocycles. The maximum atomic E-state index is 14.0. The molecule has 0 spiro atoms. The lowest BCUT2D eigenvalue weighted by molar-refractivity contribution is 0.0652. The van der Waals surface area contributed by atoms with Crippen LogP contribution in [0.4, 0.5) is 8.78 Å². The summed E-state index contributed by atoms with van der Waals surface area (Å²) in [6.07, 6.45) is 0. The van der Waals surface area contributed by atoms with Crippen molar-refractivity contribution >= 4 is 21.9 Å². The average Bonchev–Trinajstić information content (AvgIpc) is 2.84. The van der Waals surface area contributed by atoms with Crippen molar-refractivity contribution in [1.82, 2.24) is 5.16 Å². The molecular formula is C11H6BrF2NO4. The van der Waals surface area contributed by atoms with Crippen LogP contribution in [0, 0.1) is 11.6 Å². The van der Waals surface area contributed by atoms with Gasteiger partial charge < -0.3 is 14.4 Å². The molecule has 2 aromatic rings. The minimum atomic E-state index is -1.34. The molecule has 0 amide bonds. The Bertz CT molecular complexity index is 656. The van der Waals surface area contributed by atoms with Gasteiger partial charge in [-0.3, -0.25) is 0 Å². The maximum Gasteiger partial charge on any atom is 0.374 e. The summed E-state index contributed by atoms with van der Waals surface area (Å²) >= 11 is 2.91. The van der Waals surface area contributed by atoms with Gasteiger partial charge in [0.1, 0.15) is 5.69 Å². The van der Waals surface area contributed by atoms with Crippen LogP contribution in [0.1, 0.15) is 10.6 Å². The molecule has 0 fully saturated rings. The van der Waals surface area contributed by atoms with Gasteiger partial charge in [0.25, 0.3) is 0 Å². The van der Waals surface area contributed by atoms with Crippen LogP contribution in [-0.2, 0) is 0 Å². The molecule has 100 valence electrons. The number of benzene rings is 1. The van der Waals surface area contributed by atoms with Crippen molar-refractivity contribution in [3.05, 3.63) is 34.0 Å². The standard InChI is InChI=1S/C11H6BrF2NO4/c1-18-10-8(13)4(2-5(12)9(10)14)6-3-7(11(16)17)19-15-6/h2-3H,1H3,(H,16,17). The van der Waals surface area contributed by atoms with Crippen molar-refractivity contribution in [1.29, 1.82) is 0 Å². The van der Waals surface area contributed by atoms with Gasteiger partial charge in [0.05, 0.1) is 11.6 Å². The zero-order chi connectivity index (χ0) is 14.2. The first-order valence-corrected chi connectivity index (χ1v) is 5.67. The highest BCUT2D eigenvalue weighted by Gasteiger charge is 2.22. The molecule has 0 bridgehead atoms. The topological polar surface area (TPSA) is 72.6 Å². The van der Waals surface area contributed by atoms with Crippen LogP contribution in [0.3, 0.4) is 0 Å². The van der Waals surface area contributed by atoms with Crippen molar-refractivity contribution < 1.29 is 27.9 Å². The molecule has 0 aliphatic carbocycles. The van der Waals surface area contributed by atoms with E-state index in [1.165, 1.54) is 0 Å². The van der Waals surface area contributed by atoms with Gasteiger partial charge in [-0.25, -0.2) is 13.6 Å². The molecular weight excluding hydrogens is 328 g/mol. The number of rotatable bonds is 3. The van der Waals surface area contributed by atoms with Crippen LogP contribution in [0.15, 0.2) is 21.1 Å². The number of carboxylic acids is 1. The number of ether oxygens (including phenoxy) is 1. The van der Waals surface area contributed by atoms with Crippen molar-refractivity contribution in [2.45, 2.75) is 0 Å². The zero-order valence-corrected chi connectivity index (χ0v) is 11.0. The fraction of sp³-hybridized carbons (Fsp3) is 0.0909. The summed E-state index contributed by atoms with van der Waals surface area (Å²) in [5, 5.41) is 12.1. The lowest BCUT2D eigenvalue weighted by atomic mass is 10.1. The van der Waals surface area contributed by atoms with E-state index in [4.69, 9.17) is 5.11 Å². The predicted octanol–water partition coefficient (Wildman–Crippen LogP) is 3.09. The van der Waals surface area contributed by atoms with Gasteiger partial charge in [-0.2, -0.15) is 0 Å². The van der Waals surface area contributed by atoms with Crippen LogP contribution in [0.5, 0.6) is 5.75 Å². The van der Waals surface area contributed by atoms with E-state index in [2.05, 4.69) is 30.3 Å². The highest BCUT2D eigenvalue weighted by Crippen LogP contribution is 2.35. The number of halogens is 3. The minimum absolute atomic E-state index is 0.0411. The number of carbonyl (C=O) groups is 1. The number of methoxy groups -OCH3 is 1. The maximum absolute atomic E-state index is 14.0. The second kappa shape index (κ2) is 4.96. The Balaban J connectivity index is 2.61. The highest BCUT2D eigenvalue weighted by atomic mass is 79.9. The molecule has 0 aliphatic heterocycles. The minimum Gasteiger partial charge on any atom is -0.491 e. The van der Waals surface area contributed by atoms with Gasteiger partial charge in [0, 0.05) is 11.6 Å². The summed E-state index contributed by atoms with van der Waals surface area (Å²) in [7, 11) is 1.11. The van der Waals surface area contributed by atoms with Crippen molar-refractivity contribution in [2.24, 2.45) is 0 Å². The Kier molecular flexibility index (Phi) is 3.52. The Morgan fingerprint density at radius 3 is 2.63 bits per heavy atom. The third kappa shape index (κ3) is 2.30. The lowest BCUT2D eigenvalue weighted by Gasteiger charge is -2.08. The van der Waals surface area contributed by atoms with E-state index in [9.17, 15) is 13.6 Å². The van der Waals surface area contributed by atoms with E-state index in [-0.39, 0.29) is 15.7 Å². The zero-order valence-electron chi connectivity index (χ0n) is 9.41. The fourth-order valence-corrected chi connectivity index (χ4v) is 1.86. The monoisotopic (exact) mass is 333 g/mol. The smallest absolute Gasteiger partial charge is 0.374 e. The van der Waals surface area contributed by atoms with E-state index >= 15 is 0 Å². The summed E-state index contributed by atoms with van der Waals surface area (Å²) in [5.74, 6) is -4.27. The first-order valence-electron chi connectivity index (χ1n) is 4.87. The van der Waals surface area contributed by atoms with Crippen molar-refractivity contribution in [2.75, 3.05) is 7.11 Å². The summed E-state index contributed by atoms with van der Waals surface area (Å²) < 4.78 is 36.6. The summed E-state index contributed by atoms with van der Waals surface area (Å²) in [5.41, 5.74) is -0.213. The second-order valence-corrected chi connectivity index (χ2v) is 4.30. The Labute approximate surface area is 113 Å². The Morgan fingerprint density at radius 2 is 2.11 bits per heavy atom. The highest BCUT2D eigenvalue weighted by molar-refractivity contribution is 9.10. The number of nitrogens with zero attached hydrogens (tertiary/aromatic N) is 1. The van der Waals surface area contributed by atoms with Crippen molar-refractivity contribution in [3.63, 3.8) is 0 Å². The SMILES string of the molecule is COc1c(F)c(Br)cc(-c2cc(C(=O)O)on2)c1F. The summed E-state index contributed by atoms with van der Waals surface area (Å²) in [4.78, 5) is 10.7. The Hall–Kier alpha value is -1.96. The van der Waals surface area contributed by atoms with Gasteiger partial charge in [-0.1, -0.05) is 5.16 Å². The number of carboxylic acid groups (broad SMARTS) is 1. The van der Waals surface area contributed by atoms with Gasteiger partial charge in [0.2, 0.25) is 5.76 Å². The van der Waals surface area contributed by atoms with Gasteiger partial charge in [0.15, 0.2) is 17.4 Å². The predicted molar refractivity (Wildman–Crippen MR) is 63.1 cm³/mol. The van der Waals surface area contributed by atoms with Crippen molar-refractivity contribution in [3.8, 4) is 17.0 Å². The summed E-state index contributed by atoms with van der Waals surface area (Å²) in [6, 6.07) is 2.15.